The van der Waals surface area contributed by atoms with Gasteiger partial charge in [-0.3, -0.25) is 9.89 Å². The van der Waals surface area contributed by atoms with E-state index in [2.05, 4.69) is 32.6 Å². The van der Waals surface area contributed by atoms with Crippen molar-refractivity contribution < 1.29 is 14.3 Å². The van der Waals surface area contributed by atoms with Crippen LogP contribution >= 0.6 is 35.3 Å². The standard InChI is InChI=1S/C21H33N5O3S.HI/c1-21(2,3)29-20(27)25-6-7-26-16(15-25)13-22-19(26)23-14-17(18-5-4-12-30-18)24-8-10-28-11-9-24;/h4-5,12,16-17H,6-11,13-15H2,1-3H3,(H,22,23);1H. The Labute approximate surface area is 206 Å². The van der Waals surface area contributed by atoms with Crippen LogP contribution in [0.5, 0.6) is 0 Å². The highest BCUT2D eigenvalue weighted by Crippen LogP contribution is 2.26. The van der Waals surface area contributed by atoms with Crippen LogP contribution in [-0.4, -0.2) is 97.4 Å². The van der Waals surface area contributed by atoms with Crippen LogP contribution in [0.4, 0.5) is 4.79 Å². The average Bonchev–Trinajstić information content (AvgIpc) is 3.38. The fourth-order valence-corrected chi connectivity index (χ4v) is 5.05. The molecule has 174 valence electrons. The monoisotopic (exact) mass is 563 g/mol. The van der Waals surface area contributed by atoms with E-state index in [1.807, 2.05) is 25.7 Å². The predicted octanol–water partition coefficient (Wildman–Crippen LogP) is 2.62. The van der Waals surface area contributed by atoms with E-state index >= 15 is 0 Å². The molecule has 0 aromatic carbocycles. The lowest BCUT2D eigenvalue weighted by Crippen LogP contribution is -2.58. The van der Waals surface area contributed by atoms with Crippen molar-refractivity contribution in [1.82, 2.24) is 20.0 Å². The molecule has 10 heteroatoms. The van der Waals surface area contributed by atoms with Crippen LogP contribution in [0.25, 0.3) is 0 Å². The van der Waals surface area contributed by atoms with Crippen molar-refractivity contribution in [1.29, 1.82) is 0 Å². The van der Waals surface area contributed by atoms with E-state index in [0.29, 0.717) is 25.7 Å². The van der Waals surface area contributed by atoms with E-state index < -0.39 is 5.60 Å². The van der Waals surface area contributed by atoms with Gasteiger partial charge < -0.3 is 24.6 Å². The van der Waals surface area contributed by atoms with Crippen LogP contribution in [0.3, 0.4) is 0 Å². The molecule has 2 fully saturated rings. The van der Waals surface area contributed by atoms with Gasteiger partial charge in [-0.15, -0.1) is 35.3 Å². The predicted molar refractivity (Wildman–Crippen MR) is 133 cm³/mol. The van der Waals surface area contributed by atoms with Crippen molar-refractivity contribution >= 4 is 47.4 Å². The van der Waals surface area contributed by atoms with Gasteiger partial charge in [0.05, 0.1) is 31.8 Å². The first-order valence-electron chi connectivity index (χ1n) is 10.8. The SMILES string of the molecule is CC(C)(C)OC(=O)N1CCN2C(NCC(c3cccs3)N3CCOCC3)=NCC2C1.I. The number of hydrogen-bond donors (Lipinski definition) is 1. The molecule has 0 bridgehead atoms. The van der Waals surface area contributed by atoms with Gasteiger partial charge in [-0.25, -0.2) is 4.79 Å². The molecule has 3 aliphatic rings. The summed E-state index contributed by atoms with van der Waals surface area (Å²) in [6, 6.07) is 4.87. The van der Waals surface area contributed by atoms with Crippen molar-refractivity contribution in [2.75, 3.05) is 59.0 Å². The Hall–Kier alpha value is -1.11. The summed E-state index contributed by atoms with van der Waals surface area (Å²) in [6.07, 6.45) is -0.228. The van der Waals surface area contributed by atoms with E-state index in [1.165, 1.54) is 4.88 Å². The van der Waals surface area contributed by atoms with Gasteiger partial charge in [0.1, 0.15) is 5.60 Å². The number of thiophene rings is 1. The van der Waals surface area contributed by atoms with E-state index in [1.54, 1.807) is 11.3 Å². The number of halogens is 1. The number of guanidine groups is 1. The molecule has 8 nitrogen and oxygen atoms in total. The van der Waals surface area contributed by atoms with Crippen LogP contribution in [0.15, 0.2) is 22.5 Å². The lowest BCUT2D eigenvalue weighted by Gasteiger charge is -2.40. The molecule has 2 atom stereocenters. The summed E-state index contributed by atoms with van der Waals surface area (Å²) in [7, 11) is 0. The number of hydrogen-bond acceptors (Lipinski definition) is 8. The van der Waals surface area contributed by atoms with Gasteiger partial charge >= 0.3 is 6.09 Å². The largest absolute Gasteiger partial charge is 0.444 e. The highest BCUT2D eigenvalue weighted by atomic mass is 127. The fourth-order valence-electron chi connectivity index (χ4n) is 4.19. The maximum absolute atomic E-state index is 12.4. The molecule has 1 amide bonds. The Kier molecular flexibility index (Phi) is 8.44. The number of nitrogens with zero attached hydrogens (tertiary/aromatic N) is 4. The number of amides is 1. The Morgan fingerprint density at radius 2 is 2.10 bits per heavy atom. The van der Waals surface area contributed by atoms with Gasteiger partial charge in [-0.1, -0.05) is 6.07 Å². The Morgan fingerprint density at radius 1 is 1.32 bits per heavy atom. The Balaban J connectivity index is 0.00000272. The van der Waals surface area contributed by atoms with Gasteiger partial charge in [0, 0.05) is 44.1 Å². The highest BCUT2D eigenvalue weighted by Gasteiger charge is 2.37. The van der Waals surface area contributed by atoms with Gasteiger partial charge in [-0.2, -0.15) is 0 Å². The number of carbonyl (C=O) groups is 1. The zero-order valence-corrected chi connectivity index (χ0v) is 21.7. The maximum atomic E-state index is 12.4. The number of rotatable bonds is 4. The number of piperazine rings is 1. The normalized spacial score (nSPS) is 22.9. The second kappa shape index (κ2) is 10.7. The first kappa shape index (κ1) is 24.5. The Morgan fingerprint density at radius 3 is 2.77 bits per heavy atom. The lowest BCUT2D eigenvalue weighted by atomic mass is 10.2. The number of nitrogens with one attached hydrogen (secondary N) is 1. The van der Waals surface area contributed by atoms with Crippen LogP contribution in [0.1, 0.15) is 31.7 Å². The summed E-state index contributed by atoms with van der Waals surface area (Å²) in [5.74, 6) is 0.957. The van der Waals surface area contributed by atoms with E-state index in [-0.39, 0.29) is 36.1 Å². The highest BCUT2D eigenvalue weighted by molar-refractivity contribution is 14.0. The van der Waals surface area contributed by atoms with Crippen molar-refractivity contribution in [2.24, 2.45) is 4.99 Å². The molecule has 0 radical (unpaired) electrons. The van der Waals surface area contributed by atoms with Gasteiger partial charge in [-0.05, 0) is 32.2 Å². The van der Waals surface area contributed by atoms with Crippen LogP contribution < -0.4 is 5.32 Å². The van der Waals surface area contributed by atoms with Crippen LogP contribution in [0, 0.1) is 0 Å². The van der Waals surface area contributed by atoms with Crippen LogP contribution in [-0.2, 0) is 9.47 Å². The molecule has 2 saturated heterocycles. The molecule has 4 heterocycles. The molecule has 1 aromatic rings. The molecule has 2 unspecified atom stereocenters. The molecule has 0 aliphatic carbocycles. The molecule has 31 heavy (non-hydrogen) atoms. The summed E-state index contributed by atoms with van der Waals surface area (Å²) < 4.78 is 11.1. The smallest absolute Gasteiger partial charge is 0.410 e. The third-order valence-electron chi connectivity index (χ3n) is 5.67. The number of fused-ring (bicyclic) bond motifs is 1. The minimum atomic E-state index is -0.469. The minimum absolute atomic E-state index is 0. The Bertz CT molecular complexity index is 749. The first-order valence-corrected chi connectivity index (χ1v) is 11.7. The van der Waals surface area contributed by atoms with E-state index in [0.717, 1.165) is 45.4 Å². The average molecular weight is 564 g/mol. The molecule has 0 spiro atoms. The maximum Gasteiger partial charge on any atom is 0.410 e. The summed E-state index contributed by atoms with van der Waals surface area (Å²) >= 11 is 1.80. The lowest BCUT2D eigenvalue weighted by molar-refractivity contribution is 0.0130. The topological polar surface area (TPSA) is 69.6 Å². The van der Waals surface area contributed by atoms with Crippen LogP contribution in [0.2, 0.25) is 0 Å². The number of aliphatic imine (C=N–C) groups is 1. The summed E-state index contributed by atoms with van der Waals surface area (Å²) in [4.78, 5) is 25.2. The summed E-state index contributed by atoms with van der Waals surface area (Å²) in [6.45, 7) is 12.8. The van der Waals surface area contributed by atoms with E-state index in [9.17, 15) is 4.79 Å². The van der Waals surface area contributed by atoms with E-state index in [4.69, 9.17) is 14.5 Å². The van der Waals surface area contributed by atoms with Gasteiger partial charge in [0.25, 0.3) is 0 Å². The van der Waals surface area contributed by atoms with Crippen molar-refractivity contribution in [3.8, 4) is 0 Å². The minimum Gasteiger partial charge on any atom is -0.444 e. The van der Waals surface area contributed by atoms with Crippen molar-refractivity contribution in [3.63, 3.8) is 0 Å². The molecule has 1 aromatic heterocycles. The molecule has 4 rings (SSSR count). The molecule has 1 N–H and O–H groups in total. The summed E-state index contributed by atoms with van der Waals surface area (Å²) in [5, 5.41) is 5.75. The molecule has 0 saturated carbocycles. The third-order valence-corrected chi connectivity index (χ3v) is 6.64. The van der Waals surface area contributed by atoms with Crippen molar-refractivity contribution in [3.05, 3.63) is 22.4 Å². The number of ether oxygens (including phenoxy) is 2. The summed E-state index contributed by atoms with van der Waals surface area (Å²) in [5.41, 5.74) is -0.469. The number of carbonyl (C=O) groups excluding carboxylic acids is 1. The first-order chi connectivity index (χ1) is 14.4. The van der Waals surface area contributed by atoms with Gasteiger partial charge in [0.2, 0.25) is 0 Å². The van der Waals surface area contributed by atoms with Gasteiger partial charge in [0.15, 0.2) is 5.96 Å². The zero-order valence-electron chi connectivity index (χ0n) is 18.6. The quantitative estimate of drug-likeness (QED) is 0.569. The molecule has 3 aliphatic heterocycles. The second-order valence-corrected chi connectivity index (χ2v) is 9.98. The third kappa shape index (κ3) is 6.23. The molecular weight excluding hydrogens is 529 g/mol. The number of morpholine rings is 1. The fraction of sp³-hybridized carbons (Fsp3) is 0.714. The molecular formula is C21H34IN5O3S. The van der Waals surface area contributed by atoms with Crippen molar-refractivity contribution in [2.45, 2.75) is 38.5 Å². The second-order valence-electron chi connectivity index (χ2n) is 9.00. The zero-order chi connectivity index (χ0) is 21.1.